The quantitative estimate of drug-likeness (QED) is 0.823. The van der Waals surface area contributed by atoms with Gasteiger partial charge in [0.15, 0.2) is 5.84 Å². The Morgan fingerprint density at radius 2 is 1.80 bits per heavy atom. The number of nitrogens with zero attached hydrogens (tertiary/aromatic N) is 3. The van der Waals surface area contributed by atoms with Crippen LogP contribution in [0.25, 0.3) is 0 Å². The second-order valence-corrected chi connectivity index (χ2v) is 4.97. The SMILES string of the molecule is CN(C)c1ccc(C2=NC(=O)C3C=CC=CC3=N2)cc1. The summed E-state index contributed by atoms with van der Waals surface area (Å²) >= 11 is 0. The number of amidine groups is 1. The number of amides is 1. The highest BCUT2D eigenvalue weighted by atomic mass is 16.1. The van der Waals surface area contributed by atoms with Crippen LogP contribution >= 0.6 is 0 Å². The Hall–Kier alpha value is -2.49. The van der Waals surface area contributed by atoms with Crippen molar-refractivity contribution in [1.82, 2.24) is 0 Å². The lowest BCUT2D eigenvalue weighted by molar-refractivity contribution is -0.118. The number of benzene rings is 1. The average Bonchev–Trinajstić information content (AvgIpc) is 2.47. The van der Waals surface area contributed by atoms with Crippen LogP contribution in [-0.4, -0.2) is 31.5 Å². The van der Waals surface area contributed by atoms with Crippen molar-refractivity contribution in [2.24, 2.45) is 15.9 Å². The Morgan fingerprint density at radius 1 is 1.05 bits per heavy atom. The maximum Gasteiger partial charge on any atom is 0.260 e. The summed E-state index contributed by atoms with van der Waals surface area (Å²) in [6.45, 7) is 0. The van der Waals surface area contributed by atoms with Gasteiger partial charge in [0.2, 0.25) is 0 Å². The minimum atomic E-state index is -0.315. The Labute approximate surface area is 117 Å². The molecule has 1 aliphatic carbocycles. The van der Waals surface area contributed by atoms with Crippen LogP contribution in [0.5, 0.6) is 0 Å². The number of fused-ring (bicyclic) bond motifs is 1. The molecule has 2 aliphatic rings. The maximum absolute atomic E-state index is 12.0. The molecule has 4 heteroatoms. The van der Waals surface area contributed by atoms with Crippen molar-refractivity contribution < 1.29 is 4.79 Å². The van der Waals surface area contributed by atoms with Crippen molar-refractivity contribution in [2.75, 3.05) is 19.0 Å². The predicted octanol–water partition coefficient (Wildman–Crippen LogP) is 2.22. The fourth-order valence-electron chi connectivity index (χ4n) is 2.21. The van der Waals surface area contributed by atoms with E-state index in [2.05, 4.69) is 9.98 Å². The van der Waals surface area contributed by atoms with Crippen LogP contribution in [0.15, 0.2) is 58.6 Å². The first-order valence-electron chi connectivity index (χ1n) is 6.49. The molecule has 20 heavy (non-hydrogen) atoms. The molecule has 1 amide bonds. The third-order valence-electron chi connectivity index (χ3n) is 3.36. The lowest BCUT2D eigenvalue weighted by Crippen LogP contribution is -2.27. The Kier molecular flexibility index (Phi) is 3.06. The van der Waals surface area contributed by atoms with Gasteiger partial charge in [-0.25, -0.2) is 4.99 Å². The molecule has 1 aromatic carbocycles. The minimum absolute atomic E-state index is 0.151. The van der Waals surface area contributed by atoms with Gasteiger partial charge in [0.25, 0.3) is 5.91 Å². The van der Waals surface area contributed by atoms with E-state index in [0.29, 0.717) is 5.84 Å². The second kappa shape index (κ2) is 4.89. The molecular weight excluding hydrogens is 250 g/mol. The van der Waals surface area contributed by atoms with Crippen LogP contribution in [0.2, 0.25) is 0 Å². The number of hydrogen-bond donors (Lipinski definition) is 0. The third-order valence-corrected chi connectivity index (χ3v) is 3.36. The molecular formula is C16H15N3O. The highest BCUT2D eigenvalue weighted by Gasteiger charge is 2.26. The molecule has 1 unspecified atom stereocenters. The molecule has 100 valence electrons. The molecule has 0 saturated carbocycles. The predicted molar refractivity (Wildman–Crippen MR) is 81.5 cm³/mol. The van der Waals surface area contributed by atoms with E-state index in [1.807, 2.05) is 67.6 Å². The molecule has 0 radical (unpaired) electrons. The number of hydrogen-bond acceptors (Lipinski definition) is 3. The van der Waals surface area contributed by atoms with E-state index >= 15 is 0 Å². The van der Waals surface area contributed by atoms with Gasteiger partial charge >= 0.3 is 0 Å². The van der Waals surface area contributed by atoms with Gasteiger partial charge in [0.05, 0.1) is 5.71 Å². The third kappa shape index (κ3) is 2.20. The van der Waals surface area contributed by atoms with Crippen LogP contribution < -0.4 is 4.90 Å². The van der Waals surface area contributed by atoms with Crippen molar-refractivity contribution in [2.45, 2.75) is 0 Å². The topological polar surface area (TPSA) is 45.0 Å². The molecule has 0 aromatic heterocycles. The summed E-state index contributed by atoms with van der Waals surface area (Å²) in [6, 6.07) is 7.86. The van der Waals surface area contributed by atoms with Gasteiger partial charge in [-0.2, -0.15) is 4.99 Å². The first-order chi connectivity index (χ1) is 9.65. The molecule has 1 atom stereocenters. The first kappa shape index (κ1) is 12.5. The summed E-state index contributed by atoms with van der Waals surface area (Å²) in [4.78, 5) is 22.6. The number of anilines is 1. The van der Waals surface area contributed by atoms with Gasteiger partial charge in [-0.05, 0) is 30.3 Å². The highest BCUT2D eigenvalue weighted by molar-refractivity contribution is 6.24. The van der Waals surface area contributed by atoms with Crippen molar-refractivity contribution in [3.8, 4) is 0 Å². The standard InChI is InChI=1S/C16H15N3O/c1-19(2)12-9-7-11(8-10-12)15-17-14-6-4-3-5-13(14)16(20)18-15/h3-10,13H,1-2H3. The average molecular weight is 265 g/mol. The van der Waals surface area contributed by atoms with Crippen LogP contribution in [0.1, 0.15) is 5.56 Å². The molecule has 0 bridgehead atoms. The zero-order valence-corrected chi connectivity index (χ0v) is 11.4. The van der Waals surface area contributed by atoms with E-state index in [-0.39, 0.29) is 11.8 Å². The molecule has 3 rings (SSSR count). The smallest absolute Gasteiger partial charge is 0.260 e. The molecule has 0 spiro atoms. The van der Waals surface area contributed by atoms with Crippen molar-refractivity contribution in [3.05, 3.63) is 54.1 Å². The summed E-state index contributed by atoms with van der Waals surface area (Å²) in [5.74, 6) is 0.0265. The van der Waals surface area contributed by atoms with E-state index in [1.165, 1.54) is 0 Å². The number of carbonyl (C=O) groups is 1. The summed E-state index contributed by atoms with van der Waals surface area (Å²) in [5, 5.41) is 0. The van der Waals surface area contributed by atoms with E-state index in [4.69, 9.17) is 0 Å². The molecule has 1 aliphatic heterocycles. The molecule has 0 saturated heterocycles. The first-order valence-corrected chi connectivity index (χ1v) is 6.49. The fourth-order valence-corrected chi connectivity index (χ4v) is 2.21. The maximum atomic E-state index is 12.0. The van der Waals surface area contributed by atoms with Crippen LogP contribution in [0.4, 0.5) is 5.69 Å². The summed E-state index contributed by atoms with van der Waals surface area (Å²) < 4.78 is 0. The number of aliphatic imine (C=N–C) groups is 2. The van der Waals surface area contributed by atoms with Gasteiger partial charge in [-0.3, -0.25) is 4.79 Å². The van der Waals surface area contributed by atoms with Crippen molar-refractivity contribution in [3.63, 3.8) is 0 Å². The largest absolute Gasteiger partial charge is 0.378 e. The van der Waals surface area contributed by atoms with E-state index in [0.717, 1.165) is 17.0 Å². The van der Waals surface area contributed by atoms with Crippen LogP contribution in [-0.2, 0) is 4.79 Å². The summed E-state index contributed by atoms with van der Waals surface area (Å²) in [6.07, 6.45) is 7.44. The number of allylic oxidation sites excluding steroid dienone is 3. The Morgan fingerprint density at radius 3 is 2.50 bits per heavy atom. The van der Waals surface area contributed by atoms with Gasteiger partial charge < -0.3 is 4.90 Å². The van der Waals surface area contributed by atoms with E-state index < -0.39 is 0 Å². The van der Waals surface area contributed by atoms with Gasteiger partial charge in [0.1, 0.15) is 5.92 Å². The van der Waals surface area contributed by atoms with E-state index in [1.54, 1.807) is 0 Å². The minimum Gasteiger partial charge on any atom is -0.378 e. The molecule has 0 N–H and O–H groups in total. The number of rotatable bonds is 2. The van der Waals surface area contributed by atoms with Gasteiger partial charge in [-0.15, -0.1) is 0 Å². The molecule has 1 aromatic rings. The molecule has 1 heterocycles. The highest BCUT2D eigenvalue weighted by Crippen LogP contribution is 2.20. The normalized spacial score (nSPS) is 20.3. The lowest BCUT2D eigenvalue weighted by Gasteiger charge is -2.18. The summed E-state index contributed by atoms with van der Waals surface area (Å²) in [7, 11) is 3.97. The zero-order valence-electron chi connectivity index (χ0n) is 11.4. The Bertz CT molecular complexity index is 663. The van der Waals surface area contributed by atoms with Crippen molar-refractivity contribution >= 4 is 23.1 Å². The zero-order chi connectivity index (χ0) is 14.1. The monoisotopic (exact) mass is 265 g/mol. The molecule has 0 fully saturated rings. The lowest BCUT2D eigenvalue weighted by atomic mass is 9.96. The van der Waals surface area contributed by atoms with Gasteiger partial charge in [0, 0.05) is 25.3 Å². The van der Waals surface area contributed by atoms with Crippen molar-refractivity contribution in [1.29, 1.82) is 0 Å². The second-order valence-electron chi connectivity index (χ2n) is 4.97. The van der Waals surface area contributed by atoms with Crippen LogP contribution in [0.3, 0.4) is 0 Å². The summed E-state index contributed by atoms with van der Waals surface area (Å²) in [5.41, 5.74) is 2.72. The van der Waals surface area contributed by atoms with Crippen LogP contribution in [0, 0.1) is 5.92 Å². The number of carbonyl (C=O) groups excluding carboxylic acids is 1. The van der Waals surface area contributed by atoms with Gasteiger partial charge in [-0.1, -0.05) is 18.2 Å². The molecule has 4 nitrogen and oxygen atoms in total. The fraction of sp³-hybridized carbons (Fsp3) is 0.188. The Balaban J connectivity index is 1.95. The van der Waals surface area contributed by atoms with E-state index in [9.17, 15) is 4.79 Å².